The monoisotopic (exact) mass is 311 g/mol. The molecule has 1 aromatic rings. The van der Waals surface area contributed by atoms with Crippen molar-refractivity contribution >= 4 is 21.4 Å². The minimum atomic E-state index is -3.78. The minimum Gasteiger partial charge on any atom is -0.399 e. The van der Waals surface area contributed by atoms with Gasteiger partial charge in [0.2, 0.25) is 10.0 Å². The largest absolute Gasteiger partial charge is 0.399 e. The molecule has 0 amide bonds. The van der Waals surface area contributed by atoms with Crippen LogP contribution < -0.4 is 15.8 Å². The van der Waals surface area contributed by atoms with Crippen LogP contribution in [0.3, 0.4) is 0 Å². The molecule has 0 saturated heterocycles. The summed E-state index contributed by atoms with van der Waals surface area (Å²) in [6.45, 7) is 2.23. The average molecular weight is 311 g/mol. The Morgan fingerprint density at radius 2 is 1.86 bits per heavy atom. The fourth-order valence-electron chi connectivity index (χ4n) is 3.19. The summed E-state index contributed by atoms with van der Waals surface area (Å²) >= 11 is 0. The lowest BCUT2D eigenvalue weighted by atomic mass is 9.84. The van der Waals surface area contributed by atoms with Gasteiger partial charge in [-0.3, -0.25) is 0 Å². The second kappa shape index (κ2) is 6.23. The maximum absolute atomic E-state index is 11.8. The van der Waals surface area contributed by atoms with Gasteiger partial charge in [0.25, 0.3) is 0 Å². The van der Waals surface area contributed by atoms with E-state index in [-0.39, 0.29) is 4.90 Å². The first-order chi connectivity index (χ1) is 9.82. The van der Waals surface area contributed by atoms with Crippen molar-refractivity contribution in [2.75, 3.05) is 17.7 Å². The van der Waals surface area contributed by atoms with Crippen LogP contribution in [0.2, 0.25) is 0 Å². The van der Waals surface area contributed by atoms with Gasteiger partial charge in [0, 0.05) is 18.8 Å². The van der Waals surface area contributed by atoms with Gasteiger partial charge in [-0.15, -0.1) is 0 Å². The van der Waals surface area contributed by atoms with E-state index in [1.807, 2.05) is 11.9 Å². The maximum atomic E-state index is 11.8. The van der Waals surface area contributed by atoms with Crippen LogP contribution in [-0.2, 0) is 10.0 Å². The van der Waals surface area contributed by atoms with E-state index in [1.165, 1.54) is 25.3 Å². The van der Waals surface area contributed by atoms with Gasteiger partial charge in [0.05, 0.1) is 5.69 Å². The fraction of sp³-hybridized carbons (Fsp3) is 0.600. The second-order valence-electron chi connectivity index (χ2n) is 5.97. The summed E-state index contributed by atoms with van der Waals surface area (Å²) in [5.74, 6) is 0.804. The van der Waals surface area contributed by atoms with Gasteiger partial charge in [-0.05, 0) is 49.8 Å². The number of anilines is 2. The molecule has 4 N–H and O–H groups in total. The summed E-state index contributed by atoms with van der Waals surface area (Å²) in [5.41, 5.74) is 6.75. The molecule has 1 aliphatic rings. The molecule has 2 rings (SSSR count). The minimum absolute atomic E-state index is 0.114. The molecule has 0 atom stereocenters. The molecule has 0 unspecified atom stereocenters. The Labute approximate surface area is 127 Å². The predicted molar refractivity (Wildman–Crippen MR) is 86.7 cm³/mol. The number of benzene rings is 1. The summed E-state index contributed by atoms with van der Waals surface area (Å²) in [6, 6.07) is 5.27. The molecule has 21 heavy (non-hydrogen) atoms. The third-order valence-corrected chi connectivity index (χ3v) is 5.55. The predicted octanol–water partition coefficient (Wildman–Crippen LogP) is 2.32. The van der Waals surface area contributed by atoms with Gasteiger partial charge in [-0.2, -0.15) is 0 Å². The van der Waals surface area contributed by atoms with Crippen LogP contribution in [0.25, 0.3) is 0 Å². The molecule has 0 aromatic heterocycles. The van der Waals surface area contributed by atoms with Crippen molar-refractivity contribution in [3.63, 3.8) is 0 Å². The van der Waals surface area contributed by atoms with Crippen LogP contribution in [0.1, 0.15) is 39.0 Å². The number of hydrogen-bond acceptors (Lipinski definition) is 4. The average Bonchev–Trinajstić information content (AvgIpc) is 2.45. The maximum Gasteiger partial charge on any atom is 0.240 e. The highest BCUT2D eigenvalue weighted by molar-refractivity contribution is 7.89. The highest BCUT2D eigenvalue weighted by Crippen LogP contribution is 2.34. The van der Waals surface area contributed by atoms with E-state index in [1.54, 1.807) is 12.1 Å². The third kappa shape index (κ3) is 3.68. The number of nitrogens with two attached hydrogens (primary N) is 2. The smallest absolute Gasteiger partial charge is 0.240 e. The molecule has 0 radical (unpaired) electrons. The summed E-state index contributed by atoms with van der Waals surface area (Å²) < 4.78 is 23.6. The van der Waals surface area contributed by atoms with E-state index < -0.39 is 10.0 Å². The molecule has 0 heterocycles. The highest BCUT2D eigenvalue weighted by atomic mass is 32.2. The van der Waals surface area contributed by atoms with Gasteiger partial charge < -0.3 is 10.6 Å². The standard InChI is InChI=1S/C15H25N3O2S/c1-3-11-4-7-13(8-5-11)18(2)14-9-6-12(16)10-15(14)21(17,19)20/h6,9-11,13H,3-5,7-8,16H2,1-2H3,(H2,17,19,20). The lowest BCUT2D eigenvalue weighted by Crippen LogP contribution is -2.36. The Morgan fingerprint density at radius 3 is 2.38 bits per heavy atom. The van der Waals surface area contributed by atoms with Gasteiger partial charge in [-0.1, -0.05) is 13.3 Å². The van der Waals surface area contributed by atoms with E-state index >= 15 is 0 Å². The Morgan fingerprint density at radius 1 is 1.24 bits per heavy atom. The number of nitrogens with zero attached hydrogens (tertiary/aromatic N) is 1. The van der Waals surface area contributed by atoms with E-state index in [0.717, 1.165) is 18.8 Å². The molecule has 1 aromatic carbocycles. The van der Waals surface area contributed by atoms with Crippen molar-refractivity contribution in [3.05, 3.63) is 18.2 Å². The van der Waals surface area contributed by atoms with Crippen molar-refractivity contribution in [2.24, 2.45) is 11.1 Å². The van der Waals surface area contributed by atoms with Crippen LogP contribution in [0.5, 0.6) is 0 Å². The molecule has 0 spiro atoms. The lowest BCUT2D eigenvalue weighted by Gasteiger charge is -2.36. The van der Waals surface area contributed by atoms with Gasteiger partial charge in [0.1, 0.15) is 4.90 Å². The zero-order chi connectivity index (χ0) is 15.6. The number of nitrogen functional groups attached to an aromatic ring is 1. The number of hydrogen-bond donors (Lipinski definition) is 2. The first-order valence-corrected chi connectivity index (χ1v) is 9.02. The molecule has 1 aliphatic carbocycles. The first-order valence-electron chi connectivity index (χ1n) is 7.48. The van der Waals surface area contributed by atoms with Crippen molar-refractivity contribution in [1.29, 1.82) is 0 Å². The fourth-order valence-corrected chi connectivity index (χ4v) is 3.99. The lowest BCUT2D eigenvalue weighted by molar-refractivity contribution is 0.313. The molecule has 0 aliphatic heterocycles. The van der Waals surface area contributed by atoms with E-state index in [0.29, 0.717) is 17.4 Å². The van der Waals surface area contributed by atoms with Crippen molar-refractivity contribution < 1.29 is 8.42 Å². The van der Waals surface area contributed by atoms with Gasteiger partial charge >= 0.3 is 0 Å². The molecule has 0 bridgehead atoms. The molecule has 1 saturated carbocycles. The van der Waals surface area contributed by atoms with Crippen molar-refractivity contribution in [2.45, 2.75) is 50.0 Å². The van der Waals surface area contributed by atoms with Crippen LogP contribution in [0, 0.1) is 5.92 Å². The van der Waals surface area contributed by atoms with Crippen LogP contribution in [0.4, 0.5) is 11.4 Å². The molecule has 5 nitrogen and oxygen atoms in total. The van der Waals surface area contributed by atoms with E-state index in [9.17, 15) is 8.42 Å². The normalized spacial score (nSPS) is 23.0. The topological polar surface area (TPSA) is 89.4 Å². The Kier molecular flexibility index (Phi) is 4.78. The summed E-state index contributed by atoms with van der Waals surface area (Å²) in [6.07, 6.45) is 5.80. The van der Waals surface area contributed by atoms with Crippen LogP contribution in [-0.4, -0.2) is 21.5 Å². The first kappa shape index (κ1) is 16.1. The molecule has 118 valence electrons. The Bertz CT molecular complexity index is 593. The van der Waals surface area contributed by atoms with Gasteiger partial charge in [-0.25, -0.2) is 13.6 Å². The quantitative estimate of drug-likeness (QED) is 0.835. The van der Waals surface area contributed by atoms with Gasteiger partial charge in [0.15, 0.2) is 0 Å². The third-order valence-electron chi connectivity index (χ3n) is 4.61. The van der Waals surface area contributed by atoms with Crippen LogP contribution >= 0.6 is 0 Å². The zero-order valence-electron chi connectivity index (χ0n) is 12.7. The van der Waals surface area contributed by atoms with E-state index in [2.05, 4.69) is 6.92 Å². The number of rotatable bonds is 4. The summed E-state index contributed by atoms with van der Waals surface area (Å²) in [5, 5.41) is 5.33. The van der Waals surface area contributed by atoms with E-state index in [4.69, 9.17) is 10.9 Å². The SMILES string of the molecule is CCC1CCC(N(C)c2ccc(N)cc2S(N)(=O)=O)CC1. The Hall–Kier alpha value is -1.27. The summed E-state index contributed by atoms with van der Waals surface area (Å²) in [7, 11) is -1.84. The highest BCUT2D eigenvalue weighted by Gasteiger charge is 2.26. The van der Waals surface area contributed by atoms with Crippen molar-refractivity contribution in [1.82, 2.24) is 0 Å². The molecule has 1 fully saturated rings. The van der Waals surface area contributed by atoms with Crippen LogP contribution in [0.15, 0.2) is 23.1 Å². The molecular formula is C15H25N3O2S. The Balaban J connectivity index is 2.26. The zero-order valence-corrected chi connectivity index (χ0v) is 13.6. The number of primary sulfonamides is 1. The summed E-state index contributed by atoms with van der Waals surface area (Å²) in [4.78, 5) is 2.16. The molecule has 6 heteroatoms. The number of sulfonamides is 1. The molecular weight excluding hydrogens is 286 g/mol. The van der Waals surface area contributed by atoms with Crippen molar-refractivity contribution in [3.8, 4) is 0 Å². The second-order valence-corrected chi connectivity index (χ2v) is 7.50.